The van der Waals surface area contributed by atoms with Crippen molar-refractivity contribution in [3.05, 3.63) is 22.2 Å². The number of hydrogen-bond donors (Lipinski definition) is 2. The maximum absolute atomic E-state index is 11.2. The summed E-state index contributed by atoms with van der Waals surface area (Å²) in [6, 6.07) is 1.34. The number of aromatic amines is 1. The molecular weight excluding hydrogens is 212 g/mol. The van der Waals surface area contributed by atoms with Crippen LogP contribution in [0, 0.1) is 0 Å². The Balaban J connectivity index is 2.26. The molecule has 0 fully saturated rings. The zero-order valence-corrected chi connectivity index (χ0v) is 9.62. The van der Waals surface area contributed by atoms with Gasteiger partial charge in [-0.25, -0.2) is 4.79 Å². The molecule has 0 radical (unpaired) electrons. The van der Waals surface area contributed by atoms with Crippen LogP contribution in [0.25, 0.3) is 0 Å². The number of rotatable bonds is 3. The van der Waals surface area contributed by atoms with Crippen molar-refractivity contribution in [1.29, 1.82) is 0 Å². The molecule has 1 rings (SSSR count). The zero-order chi connectivity index (χ0) is 12.2. The fourth-order valence-corrected chi connectivity index (χ4v) is 1.05. The first-order valence-corrected chi connectivity index (χ1v) is 5.01. The van der Waals surface area contributed by atoms with E-state index in [4.69, 9.17) is 9.26 Å². The number of ether oxygens (including phenoxy) is 1. The van der Waals surface area contributed by atoms with E-state index in [0.717, 1.165) is 0 Å². The fraction of sp³-hybridized carbons (Fsp3) is 0.600. The van der Waals surface area contributed by atoms with E-state index >= 15 is 0 Å². The van der Waals surface area contributed by atoms with Crippen molar-refractivity contribution in [3.63, 3.8) is 0 Å². The van der Waals surface area contributed by atoms with Crippen LogP contribution in [0.1, 0.15) is 26.5 Å². The monoisotopic (exact) mass is 228 g/mol. The lowest BCUT2D eigenvalue weighted by Crippen LogP contribution is -2.33. The minimum Gasteiger partial charge on any atom is -0.444 e. The standard InChI is InChI=1S/C10H16N2O4/c1-10(2,3)15-9(14)11-5-4-7-6-8(13)12-16-7/h6H,4-5H2,1-3H3,(H,11,14)(H,12,13). The molecule has 90 valence electrons. The fourth-order valence-electron chi connectivity index (χ4n) is 1.05. The van der Waals surface area contributed by atoms with Crippen LogP contribution in [0.3, 0.4) is 0 Å². The molecule has 1 aromatic heterocycles. The van der Waals surface area contributed by atoms with Crippen LogP contribution in [0.5, 0.6) is 0 Å². The molecule has 1 amide bonds. The second kappa shape index (κ2) is 4.87. The van der Waals surface area contributed by atoms with E-state index in [-0.39, 0.29) is 5.56 Å². The maximum atomic E-state index is 11.2. The van der Waals surface area contributed by atoms with Crippen molar-refractivity contribution in [2.45, 2.75) is 32.8 Å². The number of H-pyrrole nitrogens is 1. The van der Waals surface area contributed by atoms with Crippen LogP contribution in [0.2, 0.25) is 0 Å². The lowest BCUT2D eigenvalue weighted by atomic mass is 10.2. The van der Waals surface area contributed by atoms with Gasteiger partial charge >= 0.3 is 6.09 Å². The van der Waals surface area contributed by atoms with Crippen molar-refractivity contribution >= 4 is 6.09 Å². The number of nitrogens with one attached hydrogen (secondary N) is 2. The highest BCUT2D eigenvalue weighted by Crippen LogP contribution is 2.06. The molecule has 0 unspecified atom stereocenters. The number of aromatic nitrogens is 1. The highest BCUT2D eigenvalue weighted by atomic mass is 16.6. The largest absolute Gasteiger partial charge is 0.444 e. The van der Waals surface area contributed by atoms with E-state index in [9.17, 15) is 9.59 Å². The van der Waals surface area contributed by atoms with E-state index in [1.807, 2.05) is 0 Å². The number of hydrogen-bond acceptors (Lipinski definition) is 4. The molecule has 0 aliphatic heterocycles. The molecule has 0 aliphatic carbocycles. The second-order valence-corrected chi connectivity index (χ2v) is 4.36. The molecule has 1 heterocycles. The molecule has 0 bridgehead atoms. The van der Waals surface area contributed by atoms with E-state index in [0.29, 0.717) is 18.7 Å². The molecular formula is C10H16N2O4. The molecule has 16 heavy (non-hydrogen) atoms. The summed E-state index contributed by atoms with van der Waals surface area (Å²) in [5, 5.41) is 4.73. The third-order valence-electron chi connectivity index (χ3n) is 1.61. The third-order valence-corrected chi connectivity index (χ3v) is 1.61. The molecule has 0 saturated carbocycles. The molecule has 2 N–H and O–H groups in total. The normalized spacial score (nSPS) is 11.2. The molecule has 0 atom stereocenters. The molecule has 6 nitrogen and oxygen atoms in total. The lowest BCUT2D eigenvalue weighted by molar-refractivity contribution is 0.0528. The first-order chi connectivity index (χ1) is 7.37. The Labute approximate surface area is 92.9 Å². The van der Waals surface area contributed by atoms with Crippen LogP contribution in [-0.2, 0) is 11.2 Å². The lowest BCUT2D eigenvalue weighted by Gasteiger charge is -2.19. The number of carbonyl (C=O) groups excluding carboxylic acids is 1. The predicted molar refractivity (Wildman–Crippen MR) is 57.3 cm³/mol. The summed E-state index contributed by atoms with van der Waals surface area (Å²) in [6.07, 6.45) is -0.0387. The summed E-state index contributed by atoms with van der Waals surface area (Å²) in [7, 11) is 0. The zero-order valence-electron chi connectivity index (χ0n) is 9.62. The van der Waals surface area contributed by atoms with Crippen LogP contribution in [0.4, 0.5) is 4.79 Å². The second-order valence-electron chi connectivity index (χ2n) is 4.36. The Morgan fingerprint density at radius 2 is 2.25 bits per heavy atom. The van der Waals surface area contributed by atoms with Gasteiger partial charge in [-0.15, -0.1) is 0 Å². The van der Waals surface area contributed by atoms with Crippen molar-refractivity contribution in [1.82, 2.24) is 10.5 Å². The van der Waals surface area contributed by atoms with E-state index < -0.39 is 11.7 Å². The quantitative estimate of drug-likeness (QED) is 0.809. The van der Waals surface area contributed by atoms with Crippen LogP contribution in [-0.4, -0.2) is 23.4 Å². The number of alkyl carbamates (subject to hydrolysis) is 1. The highest BCUT2D eigenvalue weighted by Gasteiger charge is 2.15. The van der Waals surface area contributed by atoms with Gasteiger partial charge in [0.15, 0.2) is 0 Å². The van der Waals surface area contributed by atoms with Gasteiger partial charge in [-0.2, -0.15) is 5.16 Å². The van der Waals surface area contributed by atoms with E-state index in [1.165, 1.54) is 6.07 Å². The molecule has 0 spiro atoms. The van der Waals surface area contributed by atoms with Crippen molar-refractivity contribution in [2.75, 3.05) is 6.54 Å². The van der Waals surface area contributed by atoms with Gasteiger partial charge in [-0.1, -0.05) is 0 Å². The van der Waals surface area contributed by atoms with Gasteiger partial charge in [0.1, 0.15) is 11.4 Å². The summed E-state index contributed by atoms with van der Waals surface area (Å²) in [5.41, 5.74) is -0.794. The number of carbonyl (C=O) groups is 1. The summed E-state index contributed by atoms with van der Waals surface area (Å²) in [5.74, 6) is 0.501. The Morgan fingerprint density at radius 1 is 1.56 bits per heavy atom. The summed E-state index contributed by atoms with van der Waals surface area (Å²) in [6.45, 7) is 5.73. The van der Waals surface area contributed by atoms with Crippen LogP contribution < -0.4 is 10.9 Å². The van der Waals surface area contributed by atoms with Crippen molar-refractivity contribution < 1.29 is 14.1 Å². The minimum absolute atomic E-state index is 0.285. The summed E-state index contributed by atoms with van der Waals surface area (Å²) >= 11 is 0. The Kier molecular flexibility index (Phi) is 3.76. The molecule has 0 saturated heterocycles. The van der Waals surface area contributed by atoms with Gasteiger partial charge in [-0.3, -0.25) is 4.79 Å². The average Bonchev–Trinajstić information content (AvgIpc) is 2.48. The van der Waals surface area contributed by atoms with Gasteiger partial charge in [0.05, 0.1) is 0 Å². The summed E-state index contributed by atoms with van der Waals surface area (Å²) < 4.78 is 9.85. The average molecular weight is 228 g/mol. The number of amides is 1. The first kappa shape index (κ1) is 12.4. The van der Waals surface area contributed by atoms with Crippen LogP contribution >= 0.6 is 0 Å². The first-order valence-electron chi connectivity index (χ1n) is 5.01. The van der Waals surface area contributed by atoms with Crippen LogP contribution in [0.15, 0.2) is 15.4 Å². The third kappa shape index (κ3) is 4.68. The minimum atomic E-state index is -0.509. The smallest absolute Gasteiger partial charge is 0.407 e. The highest BCUT2D eigenvalue weighted by molar-refractivity contribution is 5.67. The van der Waals surface area contributed by atoms with Crippen molar-refractivity contribution in [2.24, 2.45) is 0 Å². The van der Waals surface area contributed by atoms with E-state index in [2.05, 4.69) is 10.5 Å². The Morgan fingerprint density at radius 3 is 2.75 bits per heavy atom. The van der Waals surface area contributed by atoms with Gasteiger partial charge in [0.25, 0.3) is 5.56 Å². The predicted octanol–water partition coefficient (Wildman–Crippen LogP) is 1.04. The van der Waals surface area contributed by atoms with Gasteiger partial charge in [0, 0.05) is 19.0 Å². The van der Waals surface area contributed by atoms with Gasteiger partial charge in [-0.05, 0) is 20.8 Å². The molecule has 0 aromatic carbocycles. The van der Waals surface area contributed by atoms with Gasteiger partial charge < -0.3 is 14.6 Å². The maximum Gasteiger partial charge on any atom is 0.407 e. The topological polar surface area (TPSA) is 84.3 Å². The summed E-state index contributed by atoms with van der Waals surface area (Å²) in [4.78, 5) is 21.9. The molecule has 1 aromatic rings. The van der Waals surface area contributed by atoms with Gasteiger partial charge in [0.2, 0.25) is 0 Å². The van der Waals surface area contributed by atoms with E-state index in [1.54, 1.807) is 20.8 Å². The van der Waals surface area contributed by atoms with Crippen molar-refractivity contribution in [3.8, 4) is 0 Å². The molecule has 0 aliphatic rings. The SMILES string of the molecule is CC(C)(C)OC(=O)NCCc1cc(=O)[nH]o1. The Bertz CT molecular complexity index is 399. The Hall–Kier alpha value is -1.72. The molecule has 6 heteroatoms.